The summed E-state index contributed by atoms with van der Waals surface area (Å²) in [4.78, 5) is 26.7. The van der Waals surface area contributed by atoms with Crippen LogP contribution in [0.25, 0.3) is 0 Å². The Kier molecular flexibility index (Phi) is 5.23. The van der Waals surface area contributed by atoms with Gasteiger partial charge in [-0.05, 0) is 37.6 Å². The molecule has 1 aromatic heterocycles. The van der Waals surface area contributed by atoms with Gasteiger partial charge in [0.2, 0.25) is 0 Å². The van der Waals surface area contributed by atoms with Crippen molar-refractivity contribution < 1.29 is 23.1 Å². The molecule has 0 unspecified atom stereocenters. The maximum atomic E-state index is 12.3. The Morgan fingerprint density at radius 3 is 2.50 bits per heavy atom. The van der Waals surface area contributed by atoms with Crippen LogP contribution in [0, 0.1) is 25.2 Å². The number of urea groups is 1. The van der Waals surface area contributed by atoms with E-state index in [1.807, 2.05) is 6.07 Å². The first-order valence-electron chi connectivity index (χ1n) is 7.20. The molecule has 1 heterocycles. The predicted molar refractivity (Wildman–Crippen MR) is 91.2 cm³/mol. The number of nitriles is 1. The third-order valence-corrected chi connectivity index (χ3v) is 4.71. The highest BCUT2D eigenvalue weighted by atomic mass is 32.2. The summed E-state index contributed by atoms with van der Waals surface area (Å²) in [6.07, 6.45) is 0. The summed E-state index contributed by atoms with van der Waals surface area (Å²) in [6.45, 7) is 3.30. The van der Waals surface area contributed by atoms with Gasteiger partial charge in [-0.1, -0.05) is 12.1 Å². The van der Waals surface area contributed by atoms with Crippen LogP contribution in [0.1, 0.15) is 27.2 Å². The SMILES string of the molecule is Cc1cc(C)c(C#N)c(NC(=O)NS(=O)(=O)c2ccccc2C(=O)O)n1. The predicted octanol–water partition coefficient (Wildman–Crippen LogP) is 1.78. The minimum atomic E-state index is -4.45. The Morgan fingerprint density at radius 1 is 1.23 bits per heavy atom. The van der Waals surface area contributed by atoms with Crippen LogP contribution in [0.3, 0.4) is 0 Å². The molecule has 0 aliphatic carbocycles. The van der Waals surface area contributed by atoms with Gasteiger partial charge >= 0.3 is 12.0 Å². The number of nitrogens with one attached hydrogen (secondary N) is 2. The van der Waals surface area contributed by atoms with Crippen molar-refractivity contribution in [1.29, 1.82) is 5.26 Å². The van der Waals surface area contributed by atoms with Crippen molar-refractivity contribution in [2.75, 3.05) is 5.32 Å². The fourth-order valence-electron chi connectivity index (χ4n) is 2.26. The van der Waals surface area contributed by atoms with Crippen molar-refractivity contribution in [3.63, 3.8) is 0 Å². The largest absolute Gasteiger partial charge is 0.478 e. The number of hydrogen-bond donors (Lipinski definition) is 3. The van der Waals surface area contributed by atoms with Crippen LogP contribution in [0.2, 0.25) is 0 Å². The lowest BCUT2D eigenvalue weighted by molar-refractivity contribution is 0.0692. The van der Waals surface area contributed by atoms with E-state index in [0.29, 0.717) is 11.3 Å². The smallest absolute Gasteiger partial charge is 0.337 e. The number of benzene rings is 1. The van der Waals surface area contributed by atoms with Crippen molar-refractivity contribution in [2.24, 2.45) is 0 Å². The summed E-state index contributed by atoms with van der Waals surface area (Å²) in [5.74, 6) is -1.54. The third-order valence-electron chi connectivity index (χ3n) is 3.32. The van der Waals surface area contributed by atoms with Gasteiger partial charge in [-0.15, -0.1) is 0 Å². The highest BCUT2D eigenvalue weighted by Crippen LogP contribution is 2.18. The molecule has 0 radical (unpaired) electrons. The summed E-state index contributed by atoms with van der Waals surface area (Å²) in [5, 5.41) is 20.5. The minimum Gasteiger partial charge on any atom is -0.478 e. The lowest BCUT2D eigenvalue weighted by Gasteiger charge is -2.12. The summed E-state index contributed by atoms with van der Waals surface area (Å²) < 4.78 is 26.4. The van der Waals surface area contributed by atoms with Gasteiger partial charge in [0.1, 0.15) is 11.0 Å². The number of anilines is 1. The molecule has 0 atom stereocenters. The zero-order valence-electron chi connectivity index (χ0n) is 13.8. The standard InChI is InChI=1S/C16H14N4O5S/c1-9-7-10(2)18-14(12(9)8-17)19-16(23)20-26(24,25)13-6-4-3-5-11(13)15(21)22/h3-7H,1-2H3,(H,21,22)(H2,18,19,20,23). The first kappa shape index (κ1) is 18.9. The summed E-state index contributed by atoms with van der Waals surface area (Å²) in [6, 6.07) is 7.22. The molecule has 1 aromatic carbocycles. The Hall–Kier alpha value is -3.45. The normalized spacial score (nSPS) is 10.7. The summed E-state index contributed by atoms with van der Waals surface area (Å²) >= 11 is 0. The van der Waals surface area contributed by atoms with Crippen LogP contribution in [-0.4, -0.2) is 30.5 Å². The van der Waals surface area contributed by atoms with Crippen LogP contribution < -0.4 is 10.0 Å². The van der Waals surface area contributed by atoms with E-state index in [2.05, 4.69) is 10.3 Å². The van der Waals surface area contributed by atoms with Crippen molar-refractivity contribution in [1.82, 2.24) is 9.71 Å². The topological polar surface area (TPSA) is 149 Å². The van der Waals surface area contributed by atoms with Gasteiger partial charge in [-0.2, -0.15) is 5.26 Å². The second kappa shape index (κ2) is 7.20. The van der Waals surface area contributed by atoms with E-state index < -0.39 is 32.5 Å². The van der Waals surface area contributed by atoms with E-state index in [-0.39, 0.29) is 11.4 Å². The molecule has 2 rings (SSSR count). The molecule has 26 heavy (non-hydrogen) atoms. The third kappa shape index (κ3) is 3.96. The lowest BCUT2D eigenvalue weighted by Crippen LogP contribution is -2.35. The fourth-order valence-corrected chi connectivity index (χ4v) is 3.36. The molecular weight excluding hydrogens is 360 g/mol. The molecule has 2 aromatic rings. The number of aromatic nitrogens is 1. The number of pyridine rings is 1. The van der Waals surface area contributed by atoms with Crippen LogP contribution in [0.5, 0.6) is 0 Å². The monoisotopic (exact) mass is 374 g/mol. The molecule has 3 N–H and O–H groups in total. The zero-order valence-corrected chi connectivity index (χ0v) is 14.6. The molecule has 10 heteroatoms. The summed E-state index contributed by atoms with van der Waals surface area (Å²) in [7, 11) is -4.45. The fraction of sp³-hybridized carbons (Fsp3) is 0.125. The molecular formula is C16H14N4O5S. The first-order chi connectivity index (χ1) is 12.2. The van der Waals surface area contributed by atoms with Crippen LogP contribution in [0.4, 0.5) is 10.6 Å². The number of aryl methyl sites for hydroxylation is 2. The molecule has 134 valence electrons. The van der Waals surface area contributed by atoms with E-state index in [1.54, 1.807) is 24.6 Å². The summed E-state index contributed by atoms with van der Waals surface area (Å²) in [5.41, 5.74) is 0.703. The Balaban J connectivity index is 2.32. The molecule has 0 spiro atoms. The number of carboxylic acids is 1. The van der Waals surface area contributed by atoms with E-state index in [4.69, 9.17) is 10.4 Å². The van der Waals surface area contributed by atoms with Gasteiger partial charge < -0.3 is 5.11 Å². The van der Waals surface area contributed by atoms with Gasteiger partial charge in [0, 0.05) is 5.69 Å². The van der Waals surface area contributed by atoms with Crippen molar-refractivity contribution in [3.05, 3.63) is 52.7 Å². The van der Waals surface area contributed by atoms with E-state index in [0.717, 1.165) is 12.1 Å². The number of carbonyl (C=O) groups is 2. The molecule has 0 saturated carbocycles. The maximum absolute atomic E-state index is 12.3. The molecule has 0 aliphatic heterocycles. The maximum Gasteiger partial charge on any atom is 0.337 e. The van der Waals surface area contributed by atoms with Gasteiger partial charge in [0.15, 0.2) is 5.82 Å². The Labute approximate surface area is 149 Å². The zero-order chi connectivity index (χ0) is 19.5. The number of sulfonamides is 1. The Bertz CT molecular complexity index is 1040. The van der Waals surface area contributed by atoms with Gasteiger partial charge in [-0.25, -0.2) is 27.7 Å². The Morgan fingerprint density at radius 2 is 1.88 bits per heavy atom. The highest BCUT2D eigenvalue weighted by Gasteiger charge is 2.24. The molecule has 0 bridgehead atoms. The van der Waals surface area contributed by atoms with Gasteiger partial charge in [-0.3, -0.25) is 5.32 Å². The number of carbonyl (C=O) groups excluding carboxylic acids is 1. The second-order valence-corrected chi connectivity index (χ2v) is 6.93. The quantitative estimate of drug-likeness (QED) is 0.738. The number of amides is 2. The highest BCUT2D eigenvalue weighted by molar-refractivity contribution is 7.90. The van der Waals surface area contributed by atoms with E-state index >= 15 is 0 Å². The second-order valence-electron chi connectivity index (χ2n) is 5.28. The number of rotatable bonds is 4. The van der Waals surface area contributed by atoms with Crippen molar-refractivity contribution in [2.45, 2.75) is 18.7 Å². The number of aromatic carboxylic acids is 1. The van der Waals surface area contributed by atoms with E-state index in [9.17, 15) is 18.0 Å². The van der Waals surface area contributed by atoms with Crippen LogP contribution >= 0.6 is 0 Å². The average Bonchev–Trinajstić information content (AvgIpc) is 2.53. The average molecular weight is 374 g/mol. The number of hydrogen-bond acceptors (Lipinski definition) is 6. The first-order valence-corrected chi connectivity index (χ1v) is 8.68. The molecule has 0 aliphatic rings. The van der Waals surface area contributed by atoms with Crippen LogP contribution in [0.15, 0.2) is 35.2 Å². The molecule has 0 saturated heterocycles. The van der Waals surface area contributed by atoms with Gasteiger partial charge in [0.05, 0.1) is 11.1 Å². The molecule has 2 amide bonds. The number of carboxylic acid groups (broad SMARTS) is 1. The van der Waals surface area contributed by atoms with Crippen LogP contribution in [-0.2, 0) is 10.0 Å². The molecule has 0 fully saturated rings. The van der Waals surface area contributed by atoms with Crippen molar-refractivity contribution >= 4 is 27.8 Å². The lowest BCUT2D eigenvalue weighted by atomic mass is 10.1. The van der Waals surface area contributed by atoms with Gasteiger partial charge in [0.25, 0.3) is 10.0 Å². The number of nitrogens with zero attached hydrogens (tertiary/aromatic N) is 2. The minimum absolute atomic E-state index is 0.0917. The molecule has 9 nitrogen and oxygen atoms in total. The van der Waals surface area contributed by atoms with E-state index in [1.165, 1.54) is 12.1 Å². The van der Waals surface area contributed by atoms with Crippen molar-refractivity contribution in [3.8, 4) is 6.07 Å².